The SMILES string of the molecule is OSc1cc(C(F)(F)F)cc(C(F)(F)F)c1. The molecule has 90 valence electrons. The molecule has 0 atom stereocenters. The van der Waals surface area contributed by atoms with E-state index in [1.807, 2.05) is 0 Å². The standard InChI is InChI=1S/C8H4F6OS/c9-7(10,11)4-1-5(8(12,13)14)3-6(2-4)16-15/h1-3,15H. The van der Waals surface area contributed by atoms with Gasteiger partial charge in [-0.25, -0.2) is 0 Å². The number of alkyl halides is 6. The summed E-state index contributed by atoms with van der Waals surface area (Å²) in [6.45, 7) is 0. The van der Waals surface area contributed by atoms with Crippen LogP contribution in [0.3, 0.4) is 0 Å². The van der Waals surface area contributed by atoms with E-state index in [0.717, 1.165) is 0 Å². The molecule has 0 radical (unpaired) electrons. The molecule has 0 aliphatic rings. The maximum atomic E-state index is 12.2. The summed E-state index contributed by atoms with van der Waals surface area (Å²) in [4.78, 5) is -0.512. The van der Waals surface area contributed by atoms with Gasteiger partial charge in [-0.05, 0) is 18.2 Å². The maximum Gasteiger partial charge on any atom is 0.416 e. The molecule has 0 unspecified atom stereocenters. The minimum Gasteiger partial charge on any atom is -0.325 e. The van der Waals surface area contributed by atoms with Crippen molar-refractivity contribution in [2.24, 2.45) is 0 Å². The van der Waals surface area contributed by atoms with Crippen molar-refractivity contribution < 1.29 is 30.9 Å². The summed E-state index contributed by atoms with van der Waals surface area (Å²) in [6.07, 6.45) is -9.77. The molecule has 0 amide bonds. The fraction of sp³-hybridized carbons (Fsp3) is 0.250. The van der Waals surface area contributed by atoms with Crippen molar-refractivity contribution in [3.63, 3.8) is 0 Å². The number of halogens is 6. The van der Waals surface area contributed by atoms with Gasteiger partial charge in [-0.2, -0.15) is 26.3 Å². The number of hydrogen-bond acceptors (Lipinski definition) is 2. The number of hydrogen-bond donors (Lipinski definition) is 1. The van der Waals surface area contributed by atoms with Crippen molar-refractivity contribution in [1.29, 1.82) is 0 Å². The lowest BCUT2D eigenvalue weighted by Crippen LogP contribution is -2.10. The van der Waals surface area contributed by atoms with Crippen LogP contribution in [0.15, 0.2) is 23.1 Å². The fourth-order valence-electron chi connectivity index (χ4n) is 0.979. The van der Waals surface area contributed by atoms with Crippen LogP contribution in [0.1, 0.15) is 11.1 Å². The Balaban J connectivity index is 3.33. The highest BCUT2D eigenvalue weighted by molar-refractivity contribution is 7.93. The fourth-order valence-corrected chi connectivity index (χ4v) is 1.34. The Bertz CT molecular complexity index is 351. The van der Waals surface area contributed by atoms with E-state index in [2.05, 4.69) is 0 Å². The summed E-state index contributed by atoms with van der Waals surface area (Å²) in [6, 6.07) is 0.888. The lowest BCUT2D eigenvalue weighted by Gasteiger charge is -2.12. The van der Waals surface area contributed by atoms with E-state index in [1.54, 1.807) is 0 Å². The van der Waals surface area contributed by atoms with Crippen molar-refractivity contribution >= 4 is 12.0 Å². The van der Waals surface area contributed by atoms with Gasteiger partial charge in [0.05, 0.1) is 11.1 Å². The first-order chi connectivity index (χ1) is 7.14. The molecular weight excluding hydrogens is 258 g/mol. The highest BCUT2D eigenvalue weighted by Crippen LogP contribution is 2.37. The van der Waals surface area contributed by atoms with Crippen molar-refractivity contribution in [3.8, 4) is 0 Å². The van der Waals surface area contributed by atoms with Crippen LogP contribution in [0.4, 0.5) is 26.3 Å². The van der Waals surface area contributed by atoms with E-state index in [9.17, 15) is 26.3 Å². The molecule has 1 N–H and O–H groups in total. The molecule has 0 heterocycles. The van der Waals surface area contributed by atoms with Gasteiger partial charge in [-0.1, -0.05) is 0 Å². The van der Waals surface area contributed by atoms with E-state index in [0.29, 0.717) is 12.1 Å². The quantitative estimate of drug-likeness (QED) is 0.601. The molecule has 0 aliphatic heterocycles. The first-order valence-electron chi connectivity index (χ1n) is 3.75. The Labute approximate surface area is 90.3 Å². The van der Waals surface area contributed by atoms with Crippen molar-refractivity contribution in [2.45, 2.75) is 17.2 Å². The van der Waals surface area contributed by atoms with Gasteiger partial charge in [0.25, 0.3) is 0 Å². The van der Waals surface area contributed by atoms with Crippen LogP contribution in [0.2, 0.25) is 0 Å². The zero-order valence-corrected chi connectivity index (χ0v) is 8.17. The van der Waals surface area contributed by atoms with Crippen molar-refractivity contribution in [2.75, 3.05) is 0 Å². The van der Waals surface area contributed by atoms with Gasteiger partial charge >= 0.3 is 12.4 Å². The van der Waals surface area contributed by atoms with Crippen LogP contribution in [0.25, 0.3) is 0 Å². The van der Waals surface area contributed by atoms with Crippen LogP contribution in [-0.4, -0.2) is 4.55 Å². The highest BCUT2D eigenvalue weighted by Gasteiger charge is 2.36. The Hall–Kier alpha value is -0.890. The smallest absolute Gasteiger partial charge is 0.325 e. The second kappa shape index (κ2) is 4.17. The summed E-state index contributed by atoms with van der Waals surface area (Å²) >= 11 is -0.171. The highest BCUT2D eigenvalue weighted by atomic mass is 32.2. The predicted octanol–water partition coefficient (Wildman–Crippen LogP) is 4.29. The summed E-state index contributed by atoms with van der Waals surface area (Å²) in [5, 5.41) is 0. The van der Waals surface area contributed by atoms with Crippen LogP contribution >= 0.6 is 12.0 Å². The minimum absolute atomic E-state index is 0.000278. The summed E-state index contributed by atoms with van der Waals surface area (Å²) < 4.78 is 81.8. The van der Waals surface area contributed by atoms with Crippen LogP contribution < -0.4 is 0 Å². The Morgan fingerprint density at radius 1 is 0.812 bits per heavy atom. The topological polar surface area (TPSA) is 20.2 Å². The van der Waals surface area contributed by atoms with Crippen LogP contribution in [0, 0.1) is 0 Å². The number of benzene rings is 1. The third kappa shape index (κ3) is 3.05. The van der Waals surface area contributed by atoms with Gasteiger partial charge < -0.3 is 4.55 Å². The zero-order valence-electron chi connectivity index (χ0n) is 7.36. The van der Waals surface area contributed by atoms with Gasteiger partial charge in [-0.3, -0.25) is 0 Å². The van der Waals surface area contributed by atoms with Gasteiger partial charge in [-0.15, -0.1) is 0 Å². The summed E-state index contributed by atoms with van der Waals surface area (Å²) in [5.74, 6) is 0. The lowest BCUT2D eigenvalue weighted by atomic mass is 10.1. The van der Waals surface area contributed by atoms with E-state index in [4.69, 9.17) is 4.55 Å². The Kier molecular flexibility index (Phi) is 3.44. The normalized spacial score (nSPS) is 12.9. The predicted molar refractivity (Wildman–Crippen MR) is 44.9 cm³/mol. The Morgan fingerprint density at radius 3 is 1.44 bits per heavy atom. The molecule has 0 aromatic heterocycles. The van der Waals surface area contributed by atoms with E-state index in [1.165, 1.54) is 0 Å². The van der Waals surface area contributed by atoms with E-state index >= 15 is 0 Å². The monoisotopic (exact) mass is 262 g/mol. The molecule has 0 saturated heterocycles. The van der Waals surface area contributed by atoms with E-state index < -0.39 is 28.4 Å². The van der Waals surface area contributed by atoms with E-state index in [-0.39, 0.29) is 18.1 Å². The largest absolute Gasteiger partial charge is 0.416 e. The van der Waals surface area contributed by atoms with Gasteiger partial charge in [0.2, 0.25) is 0 Å². The van der Waals surface area contributed by atoms with Crippen molar-refractivity contribution in [1.82, 2.24) is 0 Å². The average Bonchev–Trinajstić information content (AvgIpc) is 2.14. The molecule has 1 aromatic rings. The van der Waals surface area contributed by atoms with Crippen molar-refractivity contribution in [3.05, 3.63) is 29.3 Å². The molecular formula is C8H4F6OS. The molecule has 0 saturated carbocycles. The molecule has 16 heavy (non-hydrogen) atoms. The van der Waals surface area contributed by atoms with Crippen LogP contribution in [0.5, 0.6) is 0 Å². The molecule has 0 spiro atoms. The summed E-state index contributed by atoms with van der Waals surface area (Å²) in [5.41, 5.74) is -2.89. The van der Waals surface area contributed by atoms with Crippen LogP contribution in [-0.2, 0) is 12.4 Å². The number of rotatable bonds is 1. The van der Waals surface area contributed by atoms with Gasteiger partial charge in [0.1, 0.15) is 0 Å². The molecule has 0 aliphatic carbocycles. The second-order valence-corrected chi connectivity index (χ2v) is 3.49. The Morgan fingerprint density at radius 2 is 1.19 bits per heavy atom. The zero-order chi connectivity index (χ0) is 12.6. The molecule has 1 rings (SSSR count). The molecule has 1 aromatic carbocycles. The van der Waals surface area contributed by atoms with Gasteiger partial charge in [0.15, 0.2) is 0 Å². The van der Waals surface area contributed by atoms with Gasteiger partial charge in [0, 0.05) is 16.9 Å². The second-order valence-electron chi connectivity index (χ2n) is 2.83. The third-order valence-electron chi connectivity index (χ3n) is 1.67. The molecule has 0 bridgehead atoms. The first kappa shape index (κ1) is 13.2. The molecule has 1 nitrogen and oxygen atoms in total. The first-order valence-corrected chi connectivity index (χ1v) is 4.53. The third-order valence-corrected chi connectivity index (χ3v) is 2.11. The minimum atomic E-state index is -4.88. The lowest BCUT2D eigenvalue weighted by molar-refractivity contribution is -0.143. The molecule has 8 heteroatoms. The average molecular weight is 262 g/mol. The molecule has 0 fully saturated rings. The summed E-state index contributed by atoms with van der Waals surface area (Å²) in [7, 11) is 0. The maximum absolute atomic E-state index is 12.2.